The quantitative estimate of drug-likeness (QED) is 0.487. The Morgan fingerprint density at radius 1 is 0.939 bits per heavy atom. The molecule has 0 atom stereocenters. The molecule has 33 heavy (non-hydrogen) atoms. The number of halogens is 1. The van der Waals surface area contributed by atoms with Gasteiger partial charge in [-0.05, 0) is 55.8 Å². The molecule has 3 aromatic rings. The molecule has 0 aliphatic rings. The number of para-hydroxylation sites is 1. The number of hydrogen-bond acceptors (Lipinski definition) is 4. The Morgan fingerprint density at radius 2 is 1.61 bits per heavy atom. The summed E-state index contributed by atoms with van der Waals surface area (Å²) in [4.78, 5) is 14.9. The SMILES string of the molecule is Cc1ccc(S(=O)(=O)N(CC(=O)NCCN(C)c2ccccc2)c2ccc(C)c(Cl)c2)cc1. The van der Waals surface area contributed by atoms with Gasteiger partial charge < -0.3 is 10.2 Å². The van der Waals surface area contributed by atoms with E-state index in [1.165, 1.54) is 0 Å². The molecule has 3 rings (SSSR count). The molecule has 0 heterocycles. The Kier molecular flexibility index (Phi) is 8.00. The van der Waals surface area contributed by atoms with Crippen molar-refractivity contribution in [2.24, 2.45) is 0 Å². The van der Waals surface area contributed by atoms with Crippen LogP contribution >= 0.6 is 11.6 Å². The third-order valence-corrected chi connectivity index (χ3v) is 7.50. The minimum absolute atomic E-state index is 0.112. The number of hydrogen-bond donors (Lipinski definition) is 1. The Balaban J connectivity index is 1.77. The van der Waals surface area contributed by atoms with Gasteiger partial charge in [-0.25, -0.2) is 8.42 Å². The number of nitrogens with one attached hydrogen (secondary N) is 1. The molecule has 0 bridgehead atoms. The Bertz CT molecular complexity index is 1200. The van der Waals surface area contributed by atoms with E-state index in [0.717, 1.165) is 21.1 Å². The lowest BCUT2D eigenvalue weighted by Gasteiger charge is -2.25. The summed E-state index contributed by atoms with van der Waals surface area (Å²) < 4.78 is 28.0. The highest BCUT2D eigenvalue weighted by Crippen LogP contribution is 2.28. The summed E-state index contributed by atoms with van der Waals surface area (Å²) in [6.07, 6.45) is 0. The number of nitrogens with zero attached hydrogens (tertiary/aromatic N) is 2. The lowest BCUT2D eigenvalue weighted by molar-refractivity contribution is -0.119. The summed E-state index contributed by atoms with van der Waals surface area (Å²) in [6.45, 7) is 4.31. The van der Waals surface area contributed by atoms with Crippen LogP contribution in [0.1, 0.15) is 11.1 Å². The third kappa shape index (κ3) is 6.27. The smallest absolute Gasteiger partial charge is 0.264 e. The van der Waals surface area contributed by atoms with Gasteiger partial charge in [-0.1, -0.05) is 53.6 Å². The predicted molar refractivity (Wildman–Crippen MR) is 135 cm³/mol. The first-order valence-electron chi connectivity index (χ1n) is 10.6. The van der Waals surface area contributed by atoms with Gasteiger partial charge in [-0.2, -0.15) is 0 Å². The van der Waals surface area contributed by atoms with Crippen molar-refractivity contribution in [1.82, 2.24) is 5.32 Å². The van der Waals surface area contributed by atoms with Crippen molar-refractivity contribution >= 4 is 38.9 Å². The van der Waals surface area contributed by atoms with Crippen molar-refractivity contribution in [3.63, 3.8) is 0 Å². The number of sulfonamides is 1. The summed E-state index contributed by atoms with van der Waals surface area (Å²) in [5.74, 6) is -0.399. The van der Waals surface area contributed by atoms with Crippen LogP contribution in [0.15, 0.2) is 77.7 Å². The van der Waals surface area contributed by atoms with E-state index in [2.05, 4.69) is 5.32 Å². The molecule has 0 saturated heterocycles. The predicted octanol–water partition coefficient (Wildman–Crippen LogP) is 4.40. The largest absolute Gasteiger partial charge is 0.373 e. The van der Waals surface area contributed by atoms with Gasteiger partial charge in [0.1, 0.15) is 6.54 Å². The first kappa shape index (κ1) is 24.6. The number of rotatable bonds is 9. The summed E-state index contributed by atoms with van der Waals surface area (Å²) in [7, 11) is -2.04. The average molecular weight is 486 g/mol. The first-order valence-corrected chi connectivity index (χ1v) is 12.4. The third-order valence-electron chi connectivity index (χ3n) is 5.31. The van der Waals surface area contributed by atoms with Gasteiger partial charge >= 0.3 is 0 Å². The summed E-state index contributed by atoms with van der Waals surface area (Å²) in [6, 6.07) is 21.3. The van der Waals surface area contributed by atoms with E-state index in [1.807, 2.05) is 56.1 Å². The van der Waals surface area contributed by atoms with Crippen molar-refractivity contribution in [2.45, 2.75) is 18.7 Å². The lowest BCUT2D eigenvalue weighted by atomic mass is 10.2. The highest BCUT2D eigenvalue weighted by atomic mass is 35.5. The zero-order valence-corrected chi connectivity index (χ0v) is 20.5. The van der Waals surface area contributed by atoms with Crippen LogP contribution in [0.2, 0.25) is 5.02 Å². The van der Waals surface area contributed by atoms with Crippen LogP contribution in [0.4, 0.5) is 11.4 Å². The van der Waals surface area contributed by atoms with E-state index in [4.69, 9.17) is 11.6 Å². The van der Waals surface area contributed by atoms with Crippen molar-refractivity contribution in [3.8, 4) is 0 Å². The number of anilines is 2. The number of benzene rings is 3. The van der Waals surface area contributed by atoms with E-state index in [-0.39, 0.29) is 11.4 Å². The van der Waals surface area contributed by atoms with E-state index >= 15 is 0 Å². The van der Waals surface area contributed by atoms with Crippen molar-refractivity contribution in [2.75, 3.05) is 35.9 Å². The van der Waals surface area contributed by atoms with E-state index < -0.39 is 15.9 Å². The van der Waals surface area contributed by atoms with Gasteiger partial charge in [0.2, 0.25) is 5.91 Å². The maximum Gasteiger partial charge on any atom is 0.264 e. The van der Waals surface area contributed by atoms with Crippen LogP contribution in [0, 0.1) is 13.8 Å². The molecule has 0 aromatic heterocycles. The summed E-state index contributed by atoms with van der Waals surface area (Å²) >= 11 is 6.26. The molecule has 0 aliphatic heterocycles. The van der Waals surface area contributed by atoms with Crippen LogP contribution < -0.4 is 14.5 Å². The van der Waals surface area contributed by atoms with Crippen LogP contribution in [-0.4, -0.2) is 41.0 Å². The molecule has 3 aromatic carbocycles. The second-order valence-corrected chi connectivity index (χ2v) is 10.1. The van der Waals surface area contributed by atoms with E-state index in [1.54, 1.807) is 42.5 Å². The summed E-state index contributed by atoms with van der Waals surface area (Å²) in [5.41, 5.74) is 3.13. The molecule has 6 nitrogen and oxygen atoms in total. The second-order valence-electron chi connectivity index (χ2n) is 7.87. The van der Waals surface area contributed by atoms with Crippen LogP contribution in [0.3, 0.4) is 0 Å². The fourth-order valence-electron chi connectivity index (χ4n) is 3.25. The van der Waals surface area contributed by atoms with Crippen LogP contribution in [-0.2, 0) is 14.8 Å². The monoisotopic (exact) mass is 485 g/mol. The molecular formula is C25H28ClN3O3S. The highest BCUT2D eigenvalue weighted by molar-refractivity contribution is 7.92. The summed E-state index contributed by atoms with van der Waals surface area (Å²) in [5, 5.41) is 3.25. The van der Waals surface area contributed by atoms with Crippen molar-refractivity contribution < 1.29 is 13.2 Å². The van der Waals surface area contributed by atoms with Crippen molar-refractivity contribution in [1.29, 1.82) is 0 Å². The molecule has 0 fully saturated rings. The minimum atomic E-state index is -3.98. The number of likely N-dealkylation sites (N-methyl/N-ethyl adjacent to an activating group) is 1. The molecule has 1 N–H and O–H groups in total. The average Bonchev–Trinajstić information content (AvgIpc) is 2.80. The molecule has 8 heteroatoms. The Morgan fingerprint density at radius 3 is 2.24 bits per heavy atom. The number of carbonyl (C=O) groups excluding carboxylic acids is 1. The second kappa shape index (κ2) is 10.7. The molecular weight excluding hydrogens is 458 g/mol. The van der Waals surface area contributed by atoms with E-state index in [0.29, 0.717) is 23.8 Å². The van der Waals surface area contributed by atoms with Gasteiger partial charge in [0, 0.05) is 30.8 Å². The van der Waals surface area contributed by atoms with Gasteiger partial charge in [-0.15, -0.1) is 0 Å². The fourth-order valence-corrected chi connectivity index (χ4v) is 4.84. The molecule has 0 saturated carbocycles. The zero-order chi connectivity index (χ0) is 24.0. The molecule has 1 amide bonds. The minimum Gasteiger partial charge on any atom is -0.373 e. The van der Waals surface area contributed by atoms with Crippen LogP contribution in [0.25, 0.3) is 0 Å². The Hall–Kier alpha value is -3.03. The van der Waals surface area contributed by atoms with Gasteiger partial charge in [0.05, 0.1) is 10.6 Å². The van der Waals surface area contributed by atoms with Gasteiger partial charge in [0.25, 0.3) is 10.0 Å². The highest BCUT2D eigenvalue weighted by Gasteiger charge is 2.27. The van der Waals surface area contributed by atoms with Crippen LogP contribution in [0.5, 0.6) is 0 Å². The molecule has 174 valence electrons. The topological polar surface area (TPSA) is 69.7 Å². The number of aryl methyl sites for hydroxylation is 2. The molecule has 0 aliphatic carbocycles. The number of carbonyl (C=O) groups is 1. The Labute approximate surface area is 200 Å². The fraction of sp³-hybridized carbons (Fsp3) is 0.240. The molecule has 0 unspecified atom stereocenters. The van der Waals surface area contributed by atoms with Crippen molar-refractivity contribution in [3.05, 3.63) is 88.9 Å². The number of amides is 1. The first-order chi connectivity index (χ1) is 15.7. The lowest BCUT2D eigenvalue weighted by Crippen LogP contribution is -2.42. The maximum atomic E-state index is 13.4. The normalized spacial score (nSPS) is 11.2. The zero-order valence-electron chi connectivity index (χ0n) is 19.0. The maximum absolute atomic E-state index is 13.4. The van der Waals surface area contributed by atoms with Gasteiger partial charge in [0.15, 0.2) is 0 Å². The van der Waals surface area contributed by atoms with E-state index in [9.17, 15) is 13.2 Å². The molecule has 0 radical (unpaired) electrons. The standard InChI is InChI=1S/C25H28ClN3O3S/c1-19-9-13-23(14-10-19)33(31,32)29(22-12-11-20(2)24(26)17-22)18-25(30)27-15-16-28(3)21-7-5-4-6-8-21/h4-14,17H,15-16,18H2,1-3H3,(H,27,30). The molecule has 0 spiro atoms. The van der Waals surface area contributed by atoms with Gasteiger partial charge in [-0.3, -0.25) is 9.10 Å².